The molecule has 0 saturated carbocycles. The van der Waals surface area contributed by atoms with Gasteiger partial charge < -0.3 is 9.84 Å². The van der Waals surface area contributed by atoms with Crippen molar-refractivity contribution in [2.24, 2.45) is 0 Å². The topological polar surface area (TPSA) is 86.0 Å². The van der Waals surface area contributed by atoms with Crippen molar-refractivity contribution in [1.82, 2.24) is 24.7 Å². The summed E-state index contributed by atoms with van der Waals surface area (Å²) in [6.45, 7) is 0.610. The molecule has 0 unspecified atom stereocenters. The standard InChI is InChI=1S/C21H14ClN5O2/c22-15-3-1-2-13(8-15)12-27-19-5-4-16(9-14(19)10-24-27)29-21-25-18-11-23-7-6-17(18)20(28)26-21/h1-11H,12H2,(H,25,26,28). The highest BCUT2D eigenvalue weighted by Crippen LogP contribution is 2.28. The first-order valence-corrected chi connectivity index (χ1v) is 9.22. The van der Waals surface area contributed by atoms with Crippen LogP contribution >= 0.6 is 11.6 Å². The Morgan fingerprint density at radius 1 is 1.03 bits per heavy atom. The van der Waals surface area contributed by atoms with Gasteiger partial charge in [0.25, 0.3) is 0 Å². The van der Waals surface area contributed by atoms with Gasteiger partial charge in [-0.1, -0.05) is 23.7 Å². The van der Waals surface area contributed by atoms with Crippen LogP contribution in [-0.2, 0) is 6.54 Å². The molecule has 8 heteroatoms. The Morgan fingerprint density at radius 3 is 2.86 bits per heavy atom. The molecule has 0 aliphatic carbocycles. The smallest absolute Gasteiger partial charge is 0.325 e. The summed E-state index contributed by atoms with van der Waals surface area (Å²) in [5, 5.41) is 16.7. The van der Waals surface area contributed by atoms with Gasteiger partial charge in [-0.15, -0.1) is 0 Å². The molecular formula is C21H14ClN5O2. The van der Waals surface area contributed by atoms with E-state index in [2.05, 4.69) is 20.1 Å². The van der Waals surface area contributed by atoms with Crippen molar-refractivity contribution in [3.05, 3.63) is 77.7 Å². The molecule has 0 amide bonds. The zero-order valence-corrected chi connectivity index (χ0v) is 15.8. The summed E-state index contributed by atoms with van der Waals surface area (Å²) < 4.78 is 7.65. The average molecular weight is 404 g/mol. The molecule has 142 valence electrons. The molecule has 0 aliphatic heterocycles. The van der Waals surface area contributed by atoms with Crippen molar-refractivity contribution in [3.8, 4) is 17.6 Å². The zero-order valence-electron chi connectivity index (χ0n) is 15.0. The first-order chi connectivity index (χ1) is 14.2. The fourth-order valence-electron chi connectivity index (χ4n) is 3.16. The number of ether oxygens (including phenoxy) is 1. The van der Waals surface area contributed by atoms with E-state index in [4.69, 9.17) is 16.3 Å². The van der Waals surface area contributed by atoms with Crippen molar-refractivity contribution in [1.29, 1.82) is 0 Å². The minimum atomic E-state index is -0.150. The second-order valence-corrected chi connectivity index (χ2v) is 6.91. The number of halogens is 1. The number of fused-ring (bicyclic) bond motifs is 2. The fourth-order valence-corrected chi connectivity index (χ4v) is 3.37. The summed E-state index contributed by atoms with van der Waals surface area (Å²) in [5.41, 5.74) is 2.53. The minimum Gasteiger partial charge on any atom is -0.493 e. The highest BCUT2D eigenvalue weighted by molar-refractivity contribution is 6.30. The van der Waals surface area contributed by atoms with E-state index in [0.29, 0.717) is 28.2 Å². The molecule has 0 atom stereocenters. The van der Waals surface area contributed by atoms with Gasteiger partial charge >= 0.3 is 6.01 Å². The third kappa shape index (κ3) is 3.43. The van der Waals surface area contributed by atoms with Crippen LogP contribution in [0.5, 0.6) is 17.6 Å². The molecule has 0 spiro atoms. The SMILES string of the molecule is Oc1nc(Oc2ccc3c(cnn3Cc3cccc(Cl)c3)c2)nc2cnccc12. The Labute approximate surface area is 170 Å². The van der Waals surface area contributed by atoms with Gasteiger partial charge in [0.05, 0.1) is 35.4 Å². The van der Waals surface area contributed by atoms with E-state index in [0.717, 1.165) is 16.5 Å². The van der Waals surface area contributed by atoms with Crippen molar-refractivity contribution >= 4 is 33.4 Å². The lowest BCUT2D eigenvalue weighted by Crippen LogP contribution is -2.01. The largest absolute Gasteiger partial charge is 0.493 e. The first-order valence-electron chi connectivity index (χ1n) is 8.84. The molecule has 0 saturated heterocycles. The number of hydrogen-bond acceptors (Lipinski definition) is 6. The number of benzene rings is 2. The molecule has 0 radical (unpaired) electrons. The van der Waals surface area contributed by atoms with Crippen LogP contribution in [0.4, 0.5) is 0 Å². The summed E-state index contributed by atoms with van der Waals surface area (Å²) in [7, 11) is 0. The number of rotatable bonds is 4. The van der Waals surface area contributed by atoms with Crippen molar-refractivity contribution < 1.29 is 9.84 Å². The molecular weight excluding hydrogens is 390 g/mol. The number of aromatic hydroxyl groups is 1. The monoisotopic (exact) mass is 403 g/mol. The van der Waals surface area contributed by atoms with Crippen molar-refractivity contribution in [3.63, 3.8) is 0 Å². The lowest BCUT2D eigenvalue weighted by Gasteiger charge is -2.07. The average Bonchev–Trinajstić information content (AvgIpc) is 3.10. The molecule has 0 fully saturated rings. The molecule has 7 nitrogen and oxygen atoms in total. The third-order valence-corrected chi connectivity index (χ3v) is 4.74. The zero-order chi connectivity index (χ0) is 19.8. The van der Waals surface area contributed by atoms with E-state index < -0.39 is 0 Å². The highest BCUT2D eigenvalue weighted by Gasteiger charge is 2.10. The predicted molar refractivity (Wildman–Crippen MR) is 109 cm³/mol. The summed E-state index contributed by atoms with van der Waals surface area (Å²) in [4.78, 5) is 12.3. The number of pyridine rings is 1. The molecule has 3 heterocycles. The van der Waals surface area contributed by atoms with Gasteiger partial charge in [0, 0.05) is 16.6 Å². The third-order valence-electron chi connectivity index (χ3n) is 4.50. The predicted octanol–water partition coefficient (Wildman–Crippen LogP) is 4.57. The first kappa shape index (κ1) is 17.4. The Kier molecular flexibility index (Phi) is 4.22. The van der Waals surface area contributed by atoms with Gasteiger partial charge in [-0.3, -0.25) is 9.67 Å². The second-order valence-electron chi connectivity index (χ2n) is 6.48. The minimum absolute atomic E-state index is 0.0497. The van der Waals surface area contributed by atoms with Gasteiger partial charge in [0.15, 0.2) is 0 Å². The van der Waals surface area contributed by atoms with Crippen molar-refractivity contribution in [2.75, 3.05) is 0 Å². The van der Waals surface area contributed by atoms with E-state index in [9.17, 15) is 5.11 Å². The van der Waals surface area contributed by atoms with E-state index in [1.54, 1.807) is 24.7 Å². The lowest BCUT2D eigenvalue weighted by atomic mass is 10.2. The molecule has 29 heavy (non-hydrogen) atoms. The van der Waals surface area contributed by atoms with Crippen LogP contribution < -0.4 is 4.74 Å². The van der Waals surface area contributed by atoms with Gasteiger partial charge in [-0.2, -0.15) is 15.1 Å². The van der Waals surface area contributed by atoms with E-state index >= 15 is 0 Å². The van der Waals surface area contributed by atoms with Crippen LogP contribution in [0.15, 0.2) is 67.1 Å². The Hall–Kier alpha value is -3.71. The Morgan fingerprint density at radius 2 is 1.97 bits per heavy atom. The van der Waals surface area contributed by atoms with Crippen LogP contribution in [0.2, 0.25) is 5.02 Å². The molecule has 0 aliphatic rings. The fraction of sp³-hybridized carbons (Fsp3) is 0.0476. The second kappa shape index (κ2) is 7.03. The maximum atomic E-state index is 10.1. The van der Waals surface area contributed by atoms with Crippen LogP contribution in [-0.4, -0.2) is 29.8 Å². The normalized spacial score (nSPS) is 11.2. The summed E-state index contributed by atoms with van der Waals surface area (Å²) in [6.07, 6.45) is 4.89. The van der Waals surface area contributed by atoms with E-state index in [-0.39, 0.29) is 11.9 Å². The quantitative estimate of drug-likeness (QED) is 0.473. The number of nitrogens with zero attached hydrogens (tertiary/aromatic N) is 5. The number of hydrogen-bond donors (Lipinski definition) is 1. The van der Waals surface area contributed by atoms with Gasteiger partial charge in [0.1, 0.15) is 5.75 Å². The van der Waals surface area contributed by atoms with E-state index in [1.165, 1.54) is 0 Å². The molecule has 3 aromatic heterocycles. The van der Waals surface area contributed by atoms with E-state index in [1.807, 2.05) is 47.1 Å². The van der Waals surface area contributed by atoms with Crippen LogP contribution in [0.3, 0.4) is 0 Å². The van der Waals surface area contributed by atoms with Gasteiger partial charge in [-0.25, -0.2) is 0 Å². The maximum Gasteiger partial charge on any atom is 0.325 e. The Bertz CT molecular complexity index is 1350. The summed E-state index contributed by atoms with van der Waals surface area (Å²) >= 11 is 6.07. The van der Waals surface area contributed by atoms with Crippen LogP contribution in [0, 0.1) is 0 Å². The van der Waals surface area contributed by atoms with Gasteiger partial charge in [0.2, 0.25) is 5.88 Å². The summed E-state index contributed by atoms with van der Waals surface area (Å²) in [5.74, 6) is 0.394. The highest BCUT2D eigenvalue weighted by atomic mass is 35.5. The summed E-state index contributed by atoms with van der Waals surface area (Å²) in [6, 6.07) is 15.0. The molecule has 1 N–H and O–H groups in total. The number of aromatic nitrogens is 5. The molecule has 5 rings (SSSR count). The molecule has 0 bridgehead atoms. The molecule has 5 aromatic rings. The van der Waals surface area contributed by atoms with Crippen LogP contribution in [0.1, 0.15) is 5.56 Å². The van der Waals surface area contributed by atoms with Crippen molar-refractivity contribution in [2.45, 2.75) is 6.54 Å². The van der Waals surface area contributed by atoms with Crippen LogP contribution in [0.25, 0.3) is 21.8 Å². The maximum absolute atomic E-state index is 10.1. The van der Waals surface area contributed by atoms with Gasteiger partial charge in [-0.05, 0) is 42.0 Å². The molecule has 2 aromatic carbocycles. The Balaban J connectivity index is 1.44. The lowest BCUT2D eigenvalue weighted by molar-refractivity contribution is 0.412.